The molecule has 0 amide bonds. The maximum absolute atomic E-state index is 11.3. The number of aromatic carboxylic acids is 1. The number of carboxylic acid groups (broad SMARTS) is 1. The number of hydrogen-bond acceptors (Lipinski definition) is 3. The molecule has 0 saturated carbocycles. The summed E-state index contributed by atoms with van der Waals surface area (Å²) in [4.78, 5) is 12.1. The van der Waals surface area contributed by atoms with Crippen molar-refractivity contribution in [1.29, 1.82) is 0 Å². The third kappa shape index (κ3) is 3.40. The molecule has 1 unspecified atom stereocenters. The van der Waals surface area contributed by atoms with Gasteiger partial charge in [0.05, 0.1) is 11.3 Å². The van der Waals surface area contributed by atoms with Gasteiger partial charge in [0.15, 0.2) is 0 Å². The van der Waals surface area contributed by atoms with Crippen molar-refractivity contribution in [2.24, 2.45) is 5.92 Å². The minimum absolute atomic E-state index is 0.241. The number of benzene rings is 1. The second-order valence-electron chi connectivity index (χ2n) is 4.37. The molecule has 0 bridgehead atoms. The van der Waals surface area contributed by atoms with Crippen LogP contribution >= 0.6 is 11.8 Å². The van der Waals surface area contributed by atoms with Crippen LogP contribution in [0.25, 0.3) is 0 Å². The Morgan fingerprint density at radius 1 is 1.35 bits per heavy atom. The van der Waals surface area contributed by atoms with E-state index < -0.39 is 5.97 Å². The van der Waals surface area contributed by atoms with Gasteiger partial charge in [-0.2, -0.15) is 0 Å². The number of anilines is 1. The van der Waals surface area contributed by atoms with Gasteiger partial charge in [0.2, 0.25) is 0 Å². The molecule has 0 spiro atoms. The Bertz CT molecular complexity index is 404. The van der Waals surface area contributed by atoms with Gasteiger partial charge in [-0.05, 0) is 31.2 Å². The maximum Gasteiger partial charge on any atom is 0.338 e. The van der Waals surface area contributed by atoms with E-state index in [0.717, 1.165) is 4.90 Å². The summed E-state index contributed by atoms with van der Waals surface area (Å²) < 4.78 is 0. The van der Waals surface area contributed by atoms with Crippen LogP contribution in [0.1, 0.15) is 31.1 Å². The second kappa shape index (κ2) is 5.96. The van der Waals surface area contributed by atoms with Crippen molar-refractivity contribution >= 4 is 23.4 Å². The number of nitrogens with one attached hydrogen (secondary N) is 1. The summed E-state index contributed by atoms with van der Waals surface area (Å²) in [6.07, 6.45) is 1.89. The van der Waals surface area contributed by atoms with E-state index in [4.69, 9.17) is 0 Å². The zero-order valence-corrected chi connectivity index (χ0v) is 11.5. The molecule has 0 saturated heterocycles. The molecular weight excluding hydrogens is 234 g/mol. The van der Waals surface area contributed by atoms with Gasteiger partial charge in [0.1, 0.15) is 0 Å². The Morgan fingerprint density at radius 3 is 2.47 bits per heavy atom. The summed E-state index contributed by atoms with van der Waals surface area (Å²) >= 11 is 1.45. The average Bonchev–Trinajstić information content (AvgIpc) is 2.27. The predicted molar refractivity (Wildman–Crippen MR) is 73.1 cm³/mol. The summed E-state index contributed by atoms with van der Waals surface area (Å²) in [6, 6.07) is 5.78. The highest BCUT2D eigenvalue weighted by Crippen LogP contribution is 2.28. The molecular formula is C13H19NO2S. The third-order valence-corrected chi connectivity index (χ3v) is 3.62. The van der Waals surface area contributed by atoms with Crippen LogP contribution in [0.4, 0.5) is 5.69 Å². The average molecular weight is 253 g/mol. The summed E-state index contributed by atoms with van der Waals surface area (Å²) in [5.74, 6) is -0.428. The lowest BCUT2D eigenvalue weighted by molar-refractivity contribution is 0.0694. The lowest BCUT2D eigenvalue weighted by Gasteiger charge is -2.21. The van der Waals surface area contributed by atoms with E-state index in [9.17, 15) is 9.90 Å². The van der Waals surface area contributed by atoms with Crippen LogP contribution in [-0.4, -0.2) is 23.4 Å². The van der Waals surface area contributed by atoms with Gasteiger partial charge in [0, 0.05) is 10.9 Å². The van der Waals surface area contributed by atoms with Crippen molar-refractivity contribution in [3.05, 3.63) is 23.8 Å². The fourth-order valence-electron chi connectivity index (χ4n) is 1.45. The normalized spacial score (nSPS) is 12.5. The third-order valence-electron chi connectivity index (χ3n) is 2.84. The molecule has 0 aliphatic heterocycles. The quantitative estimate of drug-likeness (QED) is 0.788. The lowest BCUT2D eigenvalue weighted by Crippen LogP contribution is -2.23. The van der Waals surface area contributed by atoms with Crippen molar-refractivity contribution < 1.29 is 9.90 Å². The van der Waals surface area contributed by atoms with Gasteiger partial charge in [-0.1, -0.05) is 19.9 Å². The summed E-state index contributed by atoms with van der Waals surface area (Å²) in [7, 11) is 0. The molecule has 94 valence electrons. The molecule has 1 aromatic carbocycles. The van der Waals surface area contributed by atoms with E-state index in [-0.39, 0.29) is 6.04 Å². The molecule has 0 aliphatic rings. The highest BCUT2D eigenvalue weighted by Gasteiger charge is 2.17. The molecule has 0 heterocycles. The first-order valence-corrected chi connectivity index (χ1v) is 6.86. The van der Waals surface area contributed by atoms with Gasteiger partial charge in [-0.25, -0.2) is 4.79 Å². The standard InChI is InChI=1S/C13H19NO2S/c1-8(2)9(3)14-10-6-5-7-11(17-4)12(10)13(15)16/h5-9,14H,1-4H3,(H,15,16). The van der Waals surface area contributed by atoms with Crippen molar-refractivity contribution in [3.8, 4) is 0 Å². The van der Waals surface area contributed by atoms with Gasteiger partial charge >= 0.3 is 5.97 Å². The molecule has 1 atom stereocenters. The van der Waals surface area contributed by atoms with Crippen molar-refractivity contribution in [1.82, 2.24) is 0 Å². The van der Waals surface area contributed by atoms with E-state index in [1.807, 2.05) is 24.5 Å². The van der Waals surface area contributed by atoms with Crippen LogP contribution in [-0.2, 0) is 0 Å². The predicted octanol–water partition coefficient (Wildman–Crippen LogP) is 3.56. The molecule has 3 nitrogen and oxygen atoms in total. The number of carbonyl (C=O) groups is 1. The van der Waals surface area contributed by atoms with Crippen LogP contribution in [0.15, 0.2) is 23.1 Å². The molecule has 2 N–H and O–H groups in total. The monoisotopic (exact) mass is 253 g/mol. The van der Waals surface area contributed by atoms with Crippen LogP contribution in [0.5, 0.6) is 0 Å². The maximum atomic E-state index is 11.3. The zero-order valence-electron chi connectivity index (χ0n) is 10.7. The first-order valence-electron chi connectivity index (χ1n) is 5.64. The highest BCUT2D eigenvalue weighted by molar-refractivity contribution is 7.98. The zero-order chi connectivity index (χ0) is 13.0. The van der Waals surface area contributed by atoms with E-state index in [1.165, 1.54) is 11.8 Å². The highest BCUT2D eigenvalue weighted by atomic mass is 32.2. The smallest absolute Gasteiger partial charge is 0.338 e. The Morgan fingerprint density at radius 2 is 2.00 bits per heavy atom. The minimum atomic E-state index is -0.881. The molecule has 0 fully saturated rings. The molecule has 0 radical (unpaired) electrons. The van der Waals surface area contributed by atoms with E-state index in [2.05, 4.69) is 26.1 Å². The van der Waals surface area contributed by atoms with Gasteiger partial charge in [-0.15, -0.1) is 11.8 Å². The summed E-state index contributed by atoms with van der Waals surface area (Å²) in [6.45, 7) is 6.27. The second-order valence-corrected chi connectivity index (χ2v) is 5.21. The number of hydrogen-bond donors (Lipinski definition) is 2. The fourth-order valence-corrected chi connectivity index (χ4v) is 2.07. The Labute approximate surface area is 107 Å². The largest absolute Gasteiger partial charge is 0.478 e. The lowest BCUT2D eigenvalue weighted by atomic mass is 10.1. The van der Waals surface area contributed by atoms with Crippen molar-refractivity contribution in [3.63, 3.8) is 0 Å². The molecule has 1 rings (SSSR count). The number of carboxylic acids is 1. The van der Waals surface area contributed by atoms with Crippen molar-refractivity contribution in [2.45, 2.75) is 31.7 Å². The summed E-state index contributed by atoms with van der Waals surface area (Å²) in [5, 5.41) is 12.5. The first kappa shape index (κ1) is 13.9. The molecule has 0 aromatic heterocycles. The van der Waals surface area contributed by atoms with Crippen LogP contribution < -0.4 is 5.32 Å². The van der Waals surface area contributed by atoms with E-state index in [0.29, 0.717) is 17.2 Å². The molecule has 0 aliphatic carbocycles. The van der Waals surface area contributed by atoms with Crippen LogP contribution in [0.3, 0.4) is 0 Å². The number of thioether (sulfide) groups is 1. The Kier molecular flexibility index (Phi) is 4.87. The van der Waals surface area contributed by atoms with Crippen molar-refractivity contribution in [2.75, 3.05) is 11.6 Å². The fraction of sp³-hybridized carbons (Fsp3) is 0.462. The van der Waals surface area contributed by atoms with E-state index in [1.54, 1.807) is 0 Å². The summed E-state index contributed by atoms with van der Waals surface area (Å²) in [5.41, 5.74) is 1.07. The van der Waals surface area contributed by atoms with Gasteiger partial charge in [-0.3, -0.25) is 0 Å². The first-order chi connectivity index (χ1) is 7.97. The number of rotatable bonds is 5. The minimum Gasteiger partial charge on any atom is -0.478 e. The SMILES string of the molecule is CSc1cccc(NC(C)C(C)C)c1C(=O)O. The molecule has 17 heavy (non-hydrogen) atoms. The molecule has 4 heteroatoms. The van der Waals surface area contributed by atoms with Crippen LogP contribution in [0.2, 0.25) is 0 Å². The Balaban J connectivity index is 3.10. The Hall–Kier alpha value is -1.16. The topological polar surface area (TPSA) is 49.3 Å². The van der Waals surface area contributed by atoms with Crippen LogP contribution in [0, 0.1) is 5.92 Å². The molecule has 1 aromatic rings. The van der Waals surface area contributed by atoms with Gasteiger partial charge < -0.3 is 10.4 Å². The van der Waals surface area contributed by atoms with Gasteiger partial charge in [0.25, 0.3) is 0 Å². The van der Waals surface area contributed by atoms with E-state index >= 15 is 0 Å².